The molecule has 0 unspecified atom stereocenters. The van der Waals surface area contributed by atoms with Crippen LogP contribution >= 0.6 is 0 Å². The second-order valence-electron chi connectivity index (χ2n) is 8.71. The fourth-order valence-electron chi connectivity index (χ4n) is 4.23. The topological polar surface area (TPSA) is 84.1 Å². The summed E-state index contributed by atoms with van der Waals surface area (Å²) in [6, 6.07) is 5.51. The van der Waals surface area contributed by atoms with Crippen LogP contribution in [0.5, 0.6) is 0 Å². The Hall–Kier alpha value is -2.68. The maximum atomic E-state index is 13.7. The first-order chi connectivity index (χ1) is 15.1. The van der Waals surface area contributed by atoms with E-state index in [9.17, 15) is 18.0 Å². The molecule has 0 spiro atoms. The van der Waals surface area contributed by atoms with E-state index >= 15 is 0 Å². The summed E-state index contributed by atoms with van der Waals surface area (Å²) in [7, 11) is 0. The number of piperazine rings is 1. The number of carbonyl (C=O) groups is 1. The SMILES string of the molecule is CCC[C@H]1CN(c2ccc(C(F)(F)F)c(C(=O)c3cccnc3N)n2)C[C@H](CC(C)C)N1.[HH].[HH].[HH]. The van der Waals surface area contributed by atoms with E-state index < -0.39 is 23.2 Å². The number of ketones is 1. The number of nitrogens with one attached hydrogen (secondary N) is 1. The zero-order valence-corrected chi connectivity index (χ0v) is 18.6. The second kappa shape index (κ2) is 9.85. The highest BCUT2D eigenvalue weighted by Gasteiger charge is 2.38. The first kappa shape index (κ1) is 24.0. The zero-order chi connectivity index (χ0) is 23.5. The van der Waals surface area contributed by atoms with Crippen molar-refractivity contribution in [2.75, 3.05) is 23.7 Å². The average molecular weight is 456 g/mol. The molecule has 180 valence electrons. The lowest BCUT2D eigenvalue weighted by Gasteiger charge is -2.40. The number of alkyl halides is 3. The predicted octanol–water partition coefficient (Wildman–Crippen LogP) is 5.04. The summed E-state index contributed by atoms with van der Waals surface area (Å²) < 4.78 is 41.1. The summed E-state index contributed by atoms with van der Waals surface area (Å²) >= 11 is 0. The molecule has 1 saturated heterocycles. The molecule has 2 atom stereocenters. The molecular formula is C23H36F3N5O. The summed E-state index contributed by atoms with van der Waals surface area (Å²) in [5, 5.41) is 3.65. The molecule has 0 aromatic carbocycles. The van der Waals surface area contributed by atoms with Crippen molar-refractivity contribution in [1.29, 1.82) is 0 Å². The quantitative estimate of drug-likeness (QED) is 0.569. The number of hydrogen-bond donors (Lipinski definition) is 2. The predicted molar refractivity (Wildman–Crippen MR) is 125 cm³/mol. The summed E-state index contributed by atoms with van der Waals surface area (Å²) in [6.07, 6.45) is -0.463. The van der Waals surface area contributed by atoms with Gasteiger partial charge in [0, 0.05) is 35.6 Å². The van der Waals surface area contributed by atoms with Gasteiger partial charge in [0.25, 0.3) is 0 Å². The van der Waals surface area contributed by atoms with Gasteiger partial charge in [0.05, 0.1) is 11.1 Å². The smallest absolute Gasteiger partial charge is 0.383 e. The molecule has 0 radical (unpaired) electrons. The Labute approximate surface area is 190 Å². The minimum atomic E-state index is -4.72. The molecule has 3 rings (SSSR count). The number of pyridine rings is 2. The average Bonchev–Trinajstić information content (AvgIpc) is 2.72. The molecule has 6 nitrogen and oxygen atoms in total. The van der Waals surface area contributed by atoms with Crippen LogP contribution in [0.1, 0.15) is 65.9 Å². The largest absolute Gasteiger partial charge is 0.418 e. The Morgan fingerprint density at radius 3 is 2.62 bits per heavy atom. The summed E-state index contributed by atoms with van der Waals surface area (Å²) in [5.74, 6) is -0.176. The van der Waals surface area contributed by atoms with Crippen molar-refractivity contribution in [2.24, 2.45) is 5.92 Å². The van der Waals surface area contributed by atoms with Crippen molar-refractivity contribution in [3.63, 3.8) is 0 Å². The Bertz CT molecular complexity index is 962. The summed E-state index contributed by atoms with van der Waals surface area (Å²) in [4.78, 5) is 23.1. The molecule has 0 aliphatic carbocycles. The van der Waals surface area contributed by atoms with Gasteiger partial charge in [0.2, 0.25) is 5.78 Å². The summed E-state index contributed by atoms with van der Waals surface area (Å²) in [6.45, 7) is 7.61. The molecule has 32 heavy (non-hydrogen) atoms. The van der Waals surface area contributed by atoms with Crippen LogP contribution < -0.4 is 16.0 Å². The Morgan fingerprint density at radius 2 is 2.00 bits per heavy atom. The van der Waals surface area contributed by atoms with Crippen LogP contribution in [0.4, 0.5) is 24.8 Å². The number of rotatable bonds is 7. The normalized spacial score (nSPS) is 19.4. The molecule has 1 fully saturated rings. The molecule has 0 bridgehead atoms. The van der Waals surface area contributed by atoms with Crippen LogP contribution in [0.25, 0.3) is 0 Å². The minimum Gasteiger partial charge on any atom is -0.383 e. The molecule has 9 heteroatoms. The fourth-order valence-corrected chi connectivity index (χ4v) is 4.23. The van der Waals surface area contributed by atoms with E-state index in [0.29, 0.717) is 24.8 Å². The highest BCUT2D eigenvalue weighted by Crippen LogP contribution is 2.34. The van der Waals surface area contributed by atoms with E-state index in [0.717, 1.165) is 25.3 Å². The highest BCUT2D eigenvalue weighted by molar-refractivity contribution is 6.11. The maximum Gasteiger partial charge on any atom is 0.418 e. The molecule has 1 aliphatic rings. The van der Waals surface area contributed by atoms with Gasteiger partial charge < -0.3 is 16.0 Å². The lowest BCUT2D eigenvalue weighted by Crippen LogP contribution is -2.57. The number of nitrogen functional groups attached to an aromatic ring is 1. The monoisotopic (exact) mass is 455 g/mol. The van der Waals surface area contributed by atoms with Crippen LogP contribution in [0.3, 0.4) is 0 Å². The van der Waals surface area contributed by atoms with E-state index in [1.54, 1.807) is 0 Å². The van der Waals surface area contributed by atoms with Gasteiger partial charge in [-0.1, -0.05) is 27.2 Å². The van der Waals surface area contributed by atoms with Crippen LogP contribution in [0.2, 0.25) is 0 Å². The number of hydrogen-bond acceptors (Lipinski definition) is 6. The third kappa shape index (κ3) is 5.56. The molecule has 3 heterocycles. The van der Waals surface area contributed by atoms with E-state index in [4.69, 9.17) is 5.73 Å². The lowest BCUT2D eigenvalue weighted by atomic mass is 9.98. The van der Waals surface area contributed by atoms with Crippen molar-refractivity contribution >= 4 is 17.4 Å². The molecule has 2 aromatic heterocycles. The highest BCUT2D eigenvalue weighted by atomic mass is 19.4. The zero-order valence-electron chi connectivity index (χ0n) is 18.6. The third-order valence-electron chi connectivity index (χ3n) is 5.55. The lowest BCUT2D eigenvalue weighted by molar-refractivity contribution is -0.138. The Kier molecular flexibility index (Phi) is 7.38. The standard InChI is InChI=1S/C23H30F3N5O.3H2/c1-4-6-15-12-31(13-16(29-15)11-14(2)3)19-9-8-18(23(24,25)26)20(30-19)21(32)17-7-5-10-28-22(17)27;;;/h5,7-10,14-16,29H,4,6,11-13H2,1-3H3,(H2,27,28);3*1H/t15-,16-;;;/m0.../s1. The number of aromatic nitrogens is 2. The summed E-state index contributed by atoms with van der Waals surface area (Å²) in [5.41, 5.74) is 3.93. The number of nitrogens with zero attached hydrogens (tertiary/aromatic N) is 3. The van der Waals surface area contributed by atoms with Crippen molar-refractivity contribution in [1.82, 2.24) is 15.3 Å². The van der Waals surface area contributed by atoms with Gasteiger partial charge in [-0.2, -0.15) is 13.2 Å². The van der Waals surface area contributed by atoms with E-state index in [1.165, 1.54) is 24.4 Å². The van der Waals surface area contributed by atoms with E-state index in [1.807, 2.05) is 4.90 Å². The van der Waals surface area contributed by atoms with Crippen molar-refractivity contribution in [2.45, 2.75) is 58.3 Å². The first-order valence-electron chi connectivity index (χ1n) is 10.9. The minimum absolute atomic E-state index is 0. The Morgan fingerprint density at radius 1 is 1.28 bits per heavy atom. The van der Waals surface area contributed by atoms with Gasteiger partial charge in [0.15, 0.2) is 0 Å². The Balaban J connectivity index is 0.00000385. The van der Waals surface area contributed by atoms with Gasteiger partial charge in [-0.25, -0.2) is 9.97 Å². The third-order valence-corrected chi connectivity index (χ3v) is 5.55. The maximum absolute atomic E-state index is 13.7. The van der Waals surface area contributed by atoms with Gasteiger partial charge in [-0.05, 0) is 43.0 Å². The first-order valence-corrected chi connectivity index (χ1v) is 10.9. The van der Waals surface area contributed by atoms with Crippen LogP contribution in [0, 0.1) is 5.92 Å². The van der Waals surface area contributed by atoms with Crippen LogP contribution in [-0.4, -0.2) is 40.9 Å². The van der Waals surface area contributed by atoms with Crippen LogP contribution in [0.15, 0.2) is 30.5 Å². The van der Waals surface area contributed by atoms with Gasteiger partial charge >= 0.3 is 6.18 Å². The van der Waals surface area contributed by atoms with Gasteiger partial charge in [0.1, 0.15) is 17.3 Å². The van der Waals surface area contributed by atoms with Crippen molar-refractivity contribution in [3.8, 4) is 0 Å². The molecule has 1 aliphatic heterocycles. The van der Waals surface area contributed by atoms with Crippen LogP contribution in [-0.2, 0) is 6.18 Å². The number of halogens is 3. The molecule has 0 saturated carbocycles. The molecule has 2 aromatic rings. The number of anilines is 2. The van der Waals surface area contributed by atoms with Gasteiger partial charge in [-0.3, -0.25) is 4.79 Å². The number of carbonyl (C=O) groups excluding carboxylic acids is 1. The van der Waals surface area contributed by atoms with Gasteiger partial charge in [-0.15, -0.1) is 0 Å². The molecule has 3 N–H and O–H groups in total. The van der Waals surface area contributed by atoms with E-state index in [2.05, 4.69) is 36.1 Å². The number of nitrogens with two attached hydrogens (primary N) is 1. The second-order valence-corrected chi connectivity index (χ2v) is 8.71. The van der Waals surface area contributed by atoms with E-state index in [-0.39, 0.29) is 27.7 Å². The van der Waals surface area contributed by atoms with Crippen molar-refractivity contribution in [3.05, 3.63) is 47.3 Å². The molecular weight excluding hydrogens is 419 g/mol. The molecule has 0 amide bonds. The fraction of sp³-hybridized carbons (Fsp3) is 0.522. The van der Waals surface area contributed by atoms with Crippen molar-refractivity contribution < 1.29 is 22.2 Å².